The summed E-state index contributed by atoms with van der Waals surface area (Å²) >= 11 is 0. The van der Waals surface area contributed by atoms with Gasteiger partial charge in [0.25, 0.3) is 5.91 Å². The van der Waals surface area contributed by atoms with E-state index >= 15 is 0 Å². The van der Waals surface area contributed by atoms with Gasteiger partial charge in [-0.3, -0.25) is 4.79 Å². The fraction of sp³-hybridized carbons (Fsp3) is 0.200. The number of fused-ring (bicyclic) bond motifs is 1. The van der Waals surface area contributed by atoms with Crippen LogP contribution in [0.1, 0.15) is 27.5 Å². The highest BCUT2D eigenvalue weighted by molar-refractivity contribution is 5.94. The van der Waals surface area contributed by atoms with Crippen molar-refractivity contribution in [3.63, 3.8) is 0 Å². The van der Waals surface area contributed by atoms with Gasteiger partial charge in [-0.2, -0.15) is 0 Å². The molecule has 2 atom stereocenters. The molecule has 5 heteroatoms. The van der Waals surface area contributed by atoms with E-state index in [9.17, 15) is 14.7 Å². The van der Waals surface area contributed by atoms with Gasteiger partial charge in [-0.1, -0.05) is 24.3 Å². The molecule has 20 heavy (non-hydrogen) atoms. The standard InChI is InChI=1S/C15H13NO4/c17-12-7-9-3-1-2-4-11(9)14(12)16-15(19)10-5-6-13(18)20-8-10/h1-6,8,12,14,17H,7H2,(H,16,19)/t12-,14+/m0/s1. The number of hydrogen-bond donors (Lipinski definition) is 2. The number of hydrogen-bond acceptors (Lipinski definition) is 4. The minimum atomic E-state index is -0.646. The Kier molecular flexibility index (Phi) is 3.12. The van der Waals surface area contributed by atoms with E-state index in [0.29, 0.717) is 6.42 Å². The molecule has 0 saturated heterocycles. The third-order valence-electron chi connectivity index (χ3n) is 3.45. The van der Waals surface area contributed by atoms with Crippen LogP contribution in [0.25, 0.3) is 0 Å². The van der Waals surface area contributed by atoms with Gasteiger partial charge in [0.1, 0.15) is 6.26 Å². The predicted molar refractivity (Wildman–Crippen MR) is 71.3 cm³/mol. The van der Waals surface area contributed by atoms with Crippen LogP contribution in [-0.2, 0) is 6.42 Å². The lowest BCUT2D eigenvalue weighted by Gasteiger charge is -2.17. The summed E-state index contributed by atoms with van der Waals surface area (Å²) in [5.41, 5.74) is 1.70. The van der Waals surface area contributed by atoms with E-state index in [1.807, 2.05) is 24.3 Å². The van der Waals surface area contributed by atoms with Crippen molar-refractivity contribution in [2.24, 2.45) is 0 Å². The molecule has 2 N–H and O–H groups in total. The molecule has 102 valence electrons. The number of amides is 1. The lowest BCUT2D eigenvalue weighted by atomic mass is 10.1. The summed E-state index contributed by atoms with van der Waals surface area (Å²) in [6.07, 6.45) is 0.989. The van der Waals surface area contributed by atoms with Gasteiger partial charge >= 0.3 is 5.63 Å². The molecule has 1 heterocycles. The number of aliphatic hydroxyl groups excluding tert-OH is 1. The normalized spacial score (nSPS) is 20.4. The molecule has 3 rings (SSSR count). The van der Waals surface area contributed by atoms with Gasteiger partial charge in [0.15, 0.2) is 0 Å². The van der Waals surface area contributed by atoms with Gasteiger partial charge in [-0.25, -0.2) is 4.79 Å². The Hall–Kier alpha value is -2.40. The van der Waals surface area contributed by atoms with Crippen LogP contribution in [0.2, 0.25) is 0 Å². The molecule has 1 aromatic heterocycles. The molecule has 2 aromatic rings. The van der Waals surface area contributed by atoms with Crippen LogP contribution in [0.5, 0.6) is 0 Å². The van der Waals surface area contributed by atoms with Gasteiger partial charge in [-0.05, 0) is 17.2 Å². The average molecular weight is 271 g/mol. The van der Waals surface area contributed by atoms with Gasteiger partial charge in [0.05, 0.1) is 17.7 Å². The molecule has 0 spiro atoms. The molecule has 1 amide bonds. The summed E-state index contributed by atoms with van der Waals surface area (Å²) in [5.74, 6) is -0.380. The second-order valence-corrected chi connectivity index (χ2v) is 4.76. The first-order chi connectivity index (χ1) is 9.65. The van der Waals surface area contributed by atoms with Crippen LogP contribution in [0.4, 0.5) is 0 Å². The van der Waals surface area contributed by atoms with Crippen LogP contribution in [0, 0.1) is 0 Å². The first kappa shape index (κ1) is 12.6. The van der Waals surface area contributed by atoms with Crippen molar-refractivity contribution in [1.29, 1.82) is 0 Å². The highest BCUT2D eigenvalue weighted by Crippen LogP contribution is 2.31. The Morgan fingerprint density at radius 1 is 1.25 bits per heavy atom. The van der Waals surface area contributed by atoms with E-state index in [0.717, 1.165) is 17.4 Å². The Morgan fingerprint density at radius 3 is 2.80 bits per heavy atom. The molecular formula is C15H13NO4. The molecule has 1 aliphatic carbocycles. The SMILES string of the molecule is O=C(N[C@@H]1c2ccccc2C[C@@H]1O)c1ccc(=O)oc1. The highest BCUT2D eigenvalue weighted by Gasteiger charge is 2.32. The molecular weight excluding hydrogens is 258 g/mol. The lowest BCUT2D eigenvalue weighted by molar-refractivity contribution is 0.0856. The van der Waals surface area contributed by atoms with Crippen LogP contribution in [0.3, 0.4) is 0 Å². The molecule has 0 radical (unpaired) electrons. The van der Waals surface area contributed by atoms with Crippen molar-refractivity contribution in [1.82, 2.24) is 5.32 Å². The van der Waals surface area contributed by atoms with Crippen molar-refractivity contribution < 1.29 is 14.3 Å². The second-order valence-electron chi connectivity index (χ2n) is 4.76. The number of rotatable bonds is 2. The van der Waals surface area contributed by atoms with E-state index in [1.54, 1.807) is 0 Å². The second kappa shape index (κ2) is 4.94. The van der Waals surface area contributed by atoms with Gasteiger partial charge in [0, 0.05) is 12.5 Å². The summed E-state index contributed by atoms with van der Waals surface area (Å²) in [4.78, 5) is 22.9. The first-order valence-corrected chi connectivity index (χ1v) is 6.31. The molecule has 0 saturated carbocycles. The molecule has 0 unspecified atom stereocenters. The maximum absolute atomic E-state index is 12.1. The average Bonchev–Trinajstić information content (AvgIpc) is 2.76. The van der Waals surface area contributed by atoms with Crippen molar-refractivity contribution in [3.05, 3.63) is 69.8 Å². The molecule has 0 fully saturated rings. The van der Waals surface area contributed by atoms with Gasteiger partial charge in [0.2, 0.25) is 0 Å². The van der Waals surface area contributed by atoms with Crippen LogP contribution in [0.15, 0.2) is 51.9 Å². The molecule has 0 aliphatic heterocycles. The quantitative estimate of drug-likeness (QED) is 0.855. The summed E-state index contributed by atoms with van der Waals surface area (Å²) < 4.78 is 4.66. The Labute approximate surface area is 114 Å². The Bertz CT molecular complexity index is 687. The zero-order valence-corrected chi connectivity index (χ0v) is 10.6. The van der Waals surface area contributed by atoms with Crippen molar-refractivity contribution in [2.45, 2.75) is 18.6 Å². The van der Waals surface area contributed by atoms with Crippen molar-refractivity contribution in [2.75, 3.05) is 0 Å². The van der Waals surface area contributed by atoms with Gasteiger partial charge < -0.3 is 14.8 Å². The number of aliphatic hydroxyl groups is 1. The number of carbonyl (C=O) groups is 1. The third-order valence-corrected chi connectivity index (χ3v) is 3.45. The molecule has 5 nitrogen and oxygen atoms in total. The number of nitrogens with one attached hydrogen (secondary N) is 1. The highest BCUT2D eigenvalue weighted by atomic mass is 16.4. The zero-order chi connectivity index (χ0) is 14.1. The van der Waals surface area contributed by atoms with Crippen molar-refractivity contribution >= 4 is 5.91 Å². The fourth-order valence-corrected chi connectivity index (χ4v) is 2.46. The van der Waals surface area contributed by atoms with E-state index in [-0.39, 0.29) is 11.5 Å². The summed E-state index contributed by atoms with van der Waals surface area (Å²) in [6, 6.07) is 9.75. The monoisotopic (exact) mass is 271 g/mol. The first-order valence-electron chi connectivity index (χ1n) is 6.31. The molecule has 1 aromatic carbocycles. The fourth-order valence-electron chi connectivity index (χ4n) is 2.46. The van der Waals surface area contributed by atoms with Crippen LogP contribution in [-0.4, -0.2) is 17.1 Å². The summed E-state index contributed by atoms with van der Waals surface area (Å²) in [6.45, 7) is 0. The number of benzene rings is 1. The van der Waals surface area contributed by atoms with Crippen molar-refractivity contribution in [3.8, 4) is 0 Å². The summed E-state index contributed by atoms with van der Waals surface area (Å²) in [7, 11) is 0. The molecule has 0 bridgehead atoms. The van der Waals surface area contributed by atoms with E-state index in [4.69, 9.17) is 0 Å². The van der Waals surface area contributed by atoms with Gasteiger partial charge in [-0.15, -0.1) is 0 Å². The Morgan fingerprint density at radius 2 is 2.05 bits per heavy atom. The number of carbonyl (C=O) groups excluding carboxylic acids is 1. The Balaban J connectivity index is 1.83. The maximum Gasteiger partial charge on any atom is 0.335 e. The smallest absolute Gasteiger partial charge is 0.335 e. The minimum absolute atomic E-state index is 0.251. The topological polar surface area (TPSA) is 79.5 Å². The van der Waals surface area contributed by atoms with E-state index in [1.165, 1.54) is 12.1 Å². The predicted octanol–water partition coefficient (Wildman–Crippen LogP) is 1.03. The lowest BCUT2D eigenvalue weighted by Crippen LogP contribution is -2.33. The maximum atomic E-state index is 12.1. The van der Waals surface area contributed by atoms with E-state index < -0.39 is 17.8 Å². The largest absolute Gasteiger partial charge is 0.430 e. The zero-order valence-electron chi connectivity index (χ0n) is 10.6. The van der Waals surface area contributed by atoms with Crippen LogP contribution < -0.4 is 10.9 Å². The third kappa shape index (κ3) is 2.23. The van der Waals surface area contributed by atoms with Crippen LogP contribution >= 0.6 is 0 Å². The van der Waals surface area contributed by atoms with E-state index in [2.05, 4.69) is 9.73 Å². The molecule has 1 aliphatic rings. The summed E-state index contributed by atoms with van der Waals surface area (Å²) in [5, 5.41) is 12.8. The minimum Gasteiger partial charge on any atom is -0.430 e.